The van der Waals surface area contributed by atoms with Crippen LogP contribution in [0.15, 0.2) is 48.9 Å². The number of hydrogen-bond donors (Lipinski definition) is 2. The highest BCUT2D eigenvalue weighted by Crippen LogP contribution is 2.33. The van der Waals surface area contributed by atoms with Crippen LogP contribution in [0.25, 0.3) is 16.6 Å². The first-order chi connectivity index (χ1) is 18.0. The van der Waals surface area contributed by atoms with Gasteiger partial charge in [-0.25, -0.2) is 4.68 Å². The Morgan fingerprint density at radius 3 is 2.39 bits per heavy atom. The Bertz CT molecular complexity index is 1470. The molecule has 200 valence electrons. The van der Waals surface area contributed by atoms with E-state index in [1.54, 1.807) is 18.3 Å². The zero-order chi connectivity index (χ0) is 27.6. The number of hydrogen-bond acceptors (Lipinski definition) is 4. The minimum atomic E-state index is -4.47. The predicted molar refractivity (Wildman–Crippen MR) is 135 cm³/mol. The maximum atomic E-state index is 13.1. The van der Waals surface area contributed by atoms with E-state index in [1.807, 2.05) is 36.7 Å². The summed E-state index contributed by atoms with van der Waals surface area (Å²) < 4.78 is 42.5. The van der Waals surface area contributed by atoms with E-state index >= 15 is 0 Å². The lowest BCUT2D eigenvalue weighted by atomic mass is 9.96. The molecule has 4 rings (SSSR count). The molecule has 2 heterocycles. The van der Waals surface area contributed by atoms with Crippen LogP contribution in [0.2, 0.25) is 0 Å². The molecule has 4 aromatic rings. The molecule has 1 unspecified atom stereocenters. The zero-order valence-electron chi connectivity index (χ0n) is 21.2. The summed E-state index contributed by atoms with van der Waals surface area (Å²) in [4.78, 5) is 23.1. The number of rotatable bonds is 9. The van der Waals surface area contributed by atoms with Gasteiger partial charge in [-0.2, -0.15) is 23.4 Å². The number of fused-ring (bicyclic) bond motifs is 1. The fourth-order valence-electron chi connectivity index (χ4n) is 4.67. The normalized spacial score (nSPS) is 12.6. The fraction of sp³-hybridized carbons (Fsp3) is 0.333. The van der Waals surface area contributed by atoms with Gasteiger partial charge < -0.3 is 10.4 Å². The summed E-state index contributed by atoms with van der Waals surface area (Å²) in [6, 6.07) is 8.98. The van der Waals surface area contributed by atoms with E-state index in [-0.39, 0.29) is 24.9 Å². The molecule has 11 heteroatoms. The number of aromatic nitrogens is 4. The van der Waals surface area contributed by atoms with Crippen LogP contribution < -0.4 is 5.32 Å². The first-order valence-electron chi connectivity index (χ1n) is 12.2. The standard InChI is InChI=1S/C27H28F3N5O3/c1-4-5-22(19-10-16(2)25(17(3)11-19)34-15-21(14-32-34)27(28,29)30)35-23-7-6-18(12-20(23)13-33-35)26(38)31-9-8-24(36)37/h6-7,10-15,22H,4-5,8-9H2,1-3H3,(H,31,38)(H,36,37). The number of benzene rings is 2. The number of carbonyl (C=O) groups excluding carboxylic acids is 1. The van der Waals surface area contributed by atoms with E-state index in [0.717, 1.165) is 52.8 Å². The summed E-state index contributed by atoms with van der Waals surface area (Å²) in [6.45, 7) is 5.80. The van der Waals surface area contributed by atoms with E-state index in [9.17, 15) is 22.8 Å². The molecular weight excluding hydrogens is 499 g/mol. The SMILES string of the molecule is CCCC(c1cc(C)c(-n2cc(C(F)(F)F)cn2)c(C)c1)n1ncc2cc(C(=O)NCCC(=O)O)ccc21. The van der Waals surface area contributed by atoms with E-state index in [2.05, 4.69) is 22.4 Å². The summed E-state index contributed by atoms with van der Waals surface area (Å²) in [6.07, 6.45) is 0.510. The Balaban J connectivity index is 1.66. The number of carboxylic acid groups (broad SMARTS) is 1. The molecule has 2 N–H and O–H groups in total. The first-order valence-corrected chi connectivity index (χ1v) is 12.2. The number of carbonyl (C=O) groups is 2. The zero-order valence-corrected chi connectivity index (χ0v) is 21.2. The van der Waals surface area contributed by atoms with Crippen molar-refractivity contribution < 1.29 is 27.9 Å². The van der Waals surface area contributed by atoms with Crippen molar-refractivity contribution in [2.45, 2.75) is 52.3 Å². The molecule has 0 fully saturated rings. The van der Waals surface area contributed by atoms with Gasteiger partial charge in [0.2, 0.25) is 0 Å². The molecule has 0 radical (unpaired) electrons. The summed E-state index contributed by atoms with van der Waals surface area (Å²) in [5, 5.41) is 20.7. The Hall–Kier alpha value is -4.15. The van der Waals surface area contributed by atoms with Crippen molar-refractivity contribution in [3.05, 3.63) is 76.7 Å². The third-order valence-electron chi connectivity index (χ3n) is 6.38. The fourth-order valence-corrected chi connectivity index (χ4v) is 4.67. The minimum Gasteiger partial charge on any atom is -0.481 e. The van der Waals surface area contributed by atoms with E-state index in [1.165, 1.54) is 4.68 Å². The molecule has 0 aliphatic rings. The maximum Gasteiger partial charge on any atom is 0.419 e. The van der Waals surface area contributed by atoms with E-state index in [0.29, 0.717) is 11.3 Å². The van der Waals surface area contributed by atoms with Crippen LogP contribution >= 0.6 is 0 Å². The van der Waals surface area contributed by atoms with Crippen LogP contribution in [-0.2, 0) is 11.0 Å². The highest BCUT2D eigenvalue weighted by molar-refractivity contribution is 5.98. The van der Waals surface area contributed by atoms with Gasteiger partial charge >= 0.3 is 12.1 Å². The molecule has 8 nitrogen and oxygen atoms in total. The molecule has 0 bridgehead atoms. The number of halogens is 3. The summed E-state index contributed by atoms with van der Waals surface area (Å²) in [5.74, 6) is -1.35. The van der Waals surface area contributed by atoms with Gasteiger partial charge in [0.1, 0.15) is 0 Å². The molecule has 1 amide bonds. The number of amides is 1. The minimum absolute atomic E-state index is 0.0365. The van der Waals surface area contributed by atoms with Gasteiger partial charge in [-0.1, -0.05) is 25.5 Å². The number of alkyl halides is 3. The molecule has 0 spiro atoms. The monoisotopic (exact) mass is 527 g/mol. The average molecular weight is 528 g/mol. The van der Waals surface area contributed by atoms with Crippen LogP contribution in [0.4, 0.5) is 13.2 Å². The van der Waals surface area contributed by atoms with E-state index < -0.39 is 17.7 Å². The third-order valence-corrected chi connectivity index (χ3v) is 6.38. The Morgan fingerprint density at radius 2 is 1.79 bits per heavy atom. The van der Waals surface area contributed by atoms with Crippen LogP contribution in [0.1, 0.15) is 64.8 Å². The Labute approximate surface area is 217 Å². The number of aryl methyl sites for hydroxylation is 2. The van der Waals surface area contributed by atoms with Crippen molar-refractivity contribution in [3.63, 3.8) is 0 Å². The van der Waals surface area contributed by atoms with Gasteiger partial charge in [0, 0.05) is 23.7 Å². The number of nitrogens with zero attached hydrogens (tertiary/aromatic N) is 4. The van der Waals surface area contributed by atoms with Gasteiger partial charge in [0.15, 0.2) is 0 Å². The molecule has 1 atom stereocenters. The van der Waals surface area contributed by atoms with Crippen molar-refractivity contribution in [2.24, 2.45) is 0 Å². The topological polar surface area (TPSA) is 102 Å². The van der Waals surface area contributed by atoms with Crippen molar-refractivity contribution in [1.82, 2.24) is 24.9 Å². The number of aliphatic carboxylic acids is 1. The van der Waals surface area contributed by atoms with Gasteiger partial charge in [0.05, 0.1) is 41.6 Å². The summed E-state index contributed by atoms with van der Waals surface area (Å²) >= 11 is 0. The van der Waals surface area contributed by atoms with Crippen molar-refractivity contribution in [3.8, 4) is 5.69 Å². The van der Waals surface area contributed by atoms with Gasteiger partial charge in [0.25, 0.3) is 5.91 Å². The Morgan fingerprint density at radius 1 is 1.08 bits per heavy atom. The predicted octanol–water partition coefficient (Wildman–Crippen LogP) is 5.45. The molecule has 2 aromatic heterocycles. The third kappa shape index (κ3) is 5.56. The van der Waals surface area contributed by atoms with Crippen LogP contribution in [0.3, 0.4) is 0 Å². The lowest BCUT2D eigenvalue weighted by Gasteiger charge is -2.21. The molecule has 38 heavy (non-hydrogen) atoms. The molecular formula is C27H28F3N5O3. The van der Waals surface area contributed by atoms with Gasteiger partial charge in [-0.15, -0.1) is 0 Å². The largest absolute Gasteiger partial charge is 0.481 e. The molecule has 0 aliphatic carbocycles. The molecule has 0 aliphatic heterocycles. The van der Waals surface area contributed by atoms with Crippen molar-refractivity contribution >= 4 is 22.8 Å². The smallest absolute Gasteiger partial charge is 0.419 e. The molecule has 2 aromatic carbocycles. The molecule has 0 saturated heterocycles. The van der Waals surface area contributed by atoms with Crippen molar-refractivity contribution in [1.29, 1.82) is 0 Å². The lowest BCUT2D eigenvalue weighted by Crippen LogP contribution is -2.25. The maximum absolute atomic E-state index is 13.1. The van der Waals surface area contributed by atoms with Crippen molar-refractivity contribution in [2.75, 3.05) is 6.54 Å². The quantitative estimate of drug-likeness (QED) is 0.301. The van der Waals surface area contributed by atoms with Crippen LogP contribution in [0, 0.1) is 13.8 Å². The Kier molecular flexibility index (Phi) is 7.56. The average Bonchev–Trinajstić information content (AvgIpc) is 3.49. The second kappa shape index (κ2) is 10.7. The highest BCUT2D eigenvalue weighted by atomic mass is 19.4. The second-order valence-corrected chi connectivity index (χ2v) is 9.24. The van der Waals surface area contributed by atoms with Crippen LogP contribution in [-0.4, -0.2) is 43.1 Å². The van der Waals surface area contributed by atoms with Crippen LogP contribution in [0.5, 0.6) is 0 Å². The first kappa shape index (κ1) is 26.9. The lowest BCUT2D eigenvalue weighted by molar-refractivity contribution is -0.138. The van der Waals surface area contributed by atoms with E-state index in [4.69, 9.17) is 5.11 Å². The molecule has 0 saturated carbocycles. The van der Waals surface area contributed by atoms with Gasteiger partial charge in [-0.3, -0.25) is 14.3 Å². The number of nitrogens with one attached hydrogen (secondary N) is 1. The second-order valence-electron chi connectivity index (χ2n) is 9.24. The van der Waals surface area contributed by atoms with Gasteiger partial charge in [-0.05, 0) is 55.2 Å². The number of carboxylic acids is 1. The summed E-state index contributed by atoms with van der Waals surface area (Å²) in [5.41, 5.74) is 3.57. The highest BCUT2D eigenvalue weighted by Gasteiger charge is 2.32. The summed E-state index contributed by atoms with van der Waals surface area (Å²) in [7, 11) is 0.